The zero-order valence-electron chi connectivity index (χ0n) is 26.9. The molecule has 12 nitrogen and oxygen atoms in total. The van der Waals surface area contributed by atoms with E-state index in [1.54, 1.807) is 9.80 Å². The lowest BCUT2D eigenvalue weighted by molar-refractivity contribution is 0.0220. The van der Waals surface area contributed by atoms with Gasteiger partial charge >= 0.3 is 18.2 Å². The highest BCUT2D eigenvalue weighted by Gasteiger charge is 2.37. The molecule has 2 fully saturated rings. The predicted octanol–water partition coefficient (Wildman–Crippen LogP) is 4.38. The smallest absolute Gasteiger partial charge is 0.410 e. The van der Waals surface area contributed by atoms with Gasteiger partial charge in [-0.1, -0.05) is 37.3 Å². The molecule has 45 heavy (non-hydrogen) atoms. The molecule has 3 aliphatic rings. The maximum atomic E-state index is 13.1. The number of nitrogens with zero attached hydrogens (tertiary/aromatic N) is 7. The van der Waals surface area contributed by atoms with Crippen LogP contribution < -0.4 is 9.64 Å². The Labute approximate surface area is 266 Å². The van der Waals surface area contributed by atoms with Crippen molar-refractivity contribution in [1.82, 2.24) is 24.7 Å². The van der Waals surface area contributed by atoms with Gasteiger partial charge in [0.1, 0.15) is 30.7 Å². The molecule has 3 aliphatic heterocycles. The summed E-state index contributed by atoms with van der Waals surface area (Å²) in [6.45, 7) is 20.2. The lowest BCUT2D eigenvalue weighted by Crippen LogP contribution is -2.57. The van der Waals surface area contributed by atoms with E-state index in [1.165, 1.54) is 0 Å². The van der Waals surface area contributed by atoms with E-state index in [-0.39, 0.29) is 37.8 Å². The molecule has 0 spiro atoms. The lowest BCUT2D eigenvalue weighted by atomic mass is 10.0. The number of carbonyl (C=O) groups is 2. The largest absolute Gasteiger partial charge is 0.462 e. The molecule has 0 aliphatic carbocycles. The van der Waals surface area contributed by atoms with E-state index in [4.69, 9.17) is 30.8 Å². The summed E-state index contributed by atoms with van der Waals surface area (Å²) < 4.78 is 17.5. The fourth-order valence-electron chi connectivity index (χ4n) is 6.22. The van der Waals surface area contributed by atoms with Crippen molar-refractivity contribution in [2.24, 2.45) is 0 Å². The SMILES string of the molecule is [C-]#[N+]C[C@H]1CN(c2nc(OC[C@@H]3CCCN3CC)nc3c2CCN(C(=O)OC(C)(C)C)C3)CCN1C(=O)OCc1ccccc1. The summed E-state index contributed by atoms with van der Waals surface area (Å²) in [6, 6.07) is 9.78. The molecule has 5 rings (SSSR count). The number of amides is 2. The monoisotopic (exact) mass is 619 g/mol. The molecule has 4 heterocycles. The van der Waals surface area contributed by atoms with Gasteiger partial charge in [0.15, 0.2) is 0 Å². The summed E-state index contributed by atoms with van der Waals surface area (Å²) in [5.41, 5.74) is 2.00. The van der Waals surface area contributed by atoms with Crippen LogP contribution in [0.4, 0.5) is 15.4 Å². The Balaban J connectivity index is 1.36. The normalized spacial score (nSPS) is 20.4. The Morgan fingerprint density at radius 3 is 2.58 bits per heavy atom. The summed E-state index contributed by atoms with van der Waals surface area (Å²) in [7, 11) is 0. The quantitative estimate of drug-likeness (QED) is 0.398. The van der Waals surface area contributed by atoms with E-state index >= 15 is 0 Å². The molecule has 2 amide bonds. The van der Waals surface area contributed by atoms with E-state index in [2.05, 4.69) is 21.6 Å². The van der Waals surface area contributed by atoms with Gasteiger partial charge in [-0.2, -0.15) is 9.97 Å². The second kappa shape index (κ2) is 14.3. The first-order valence-corrected chi connectivity index (χ1v) is 15.9. The van der Waals surface area contributed by atoms with Crippen molar-refractivity contribution < 1.29 is 23.8 Å². The fraction of sp³-hybridized carbons (Fsp3) is 0.606. The number of ether oxygens (including phenoxy) is 3. The molecule has 2 atom stereocenters. The zero-order valence-corrected chi connectivity index (χ0v) is 26.9. The van der Waals surface area contributed by atoms with Crippen LogP contribution in [0.5, 0.6) is 6.01 Å². The van der Waals surface area contributed by atoms with Crippen molar-refractivity contribution in [2.45, 2.75) is 77.8 Å². The van der Waals surface area contributed by atoms with E-state index in [9.17, 15) is 9.59 Å². The molecule has 1 aromatic carbocycles. The van der Waals surface area contributed by atoms with Crippen LogP contribution in [-0.2, 0) is 29.0 Å². The van der Waals surface area contributed by atoms with Crippen molar-refractivity contribution in [3.8, 4) is 6.01 Å². The zero-order chi connectivity index (χ0) is 32.0. The molecule has 0 radical (unpaired) electrons. The van der Waals surface area contributed by atoms with Crippen LogP contribution in [0.3, 0.4) is 0 Å². The van der Waals surface area contributed by atoms with Crippen molar-refractivity contribution >= 4 is 18.0 Å². The highest BCUT2D eigenvalue weighted by Crippen LogP contribution is 2.31. The average Bonchev–Trinajstić information content (AvgIpc) is 3.49. The van der Waals surface area contributed by atoms with Gasteiger partial charge in [-0.15, -0.1) is 0 Å². The molecule has 2 saturated heterocycles. The maximum Gasteiger partial charge on any atom is 0.410 e. The van der Waals surface area contributed by atoms with Gasteiger partial charge in [0.05, 0.1) is 12.2 Å². The number of likely N-dealkylation sites (N-methyl/N-ethyl adjacent to an activating group) is 1. The number of likely N-dealkylation sites (tertiary alicyclic amines) is 1. The van der Waals surface area contributed by atoms with E-state index in [1.807, 2.05) is 51.1 Å². The molecular formula is C33H45N7O5. The van der Waals surface area contributed by atoms with Gasteiger partial charge in [0.2, 0.25) is 6.54 Å². The standard InChI is InChI=1S/C33H45N7O5/c1-6-37-15-10-13-25(37)23-43-30-35-28-21-39(31(41)45-33(2,3)4)16-14-27(28)29(36-30)38-17-18-40(26(20-38)19-34-5)32(42)44-22-24-11-8-7-9-12-24/h7-9,11-12,25-26H,6,10,13-23H2,1-4H3/t25-,26-/m0/s1. The van der Waals surface area contributed by atoms with Gasteiger partial charge in [-0.05, 0) is 58.7 Å². The number of fused-ring (bicyclic) bond motifs is 1. The van der Waals surface area contributed by atoms with E-state index < -0.39 is 11.7 Å². The van der Waals surface area contributed by atoms with Crippen LogP contribution in [-0.4, -0.2) is 107 Å². The molecular weight excluding hydrogens is 574 g/mol. The maximum absolute atomic E-state index is 13.1. The lowest BCUT2D eigenvalue weighted by Gasteiger charge is -2.40. The Kier molecular flexibility index (Phi) is 10.3. The van der Waals surface area contributed by atoms with Gasteiger partial charge in [-0.3, -0.25) is 9.80 Å². The Morgan fingerprint density at radius 2 is 1.84 bits per heavy atom. The first kappa shape index (κ1) is 32.3. The second-order valence-corrected chi connectivity index (χ2v) is 12.8. The van der Waals surface area contributed by atoms with E-state index in [0.29, 0.717) is 45.2 Å². The van der Waals surface area contributed by atoms with Crippen molar-refractivity contribution in [1.29, 1.82) is 0 Å². The molecule has 1 aromatic heterocycles. The second-order valence-electron chi connectivity index (χ2n) is 12.8. The molecule has 0 saturated carbocycles. The van der Waals surface area contributed by atoms with Gasteiger partial charge in [0, 0.05) is 37.8 Å². The fourth-order valence-corrected chi connectivity index (χ4v) is 6.22. The topological polar surface area (TPSA) is 105 Å². The summed E-state index contributed by atoms with van der Waals surface area (Å²) in [6.07, 6.45) is 1.97. The van der Waals surface area contributed by atoms with Gasteiger partial charge in [-0.25, -0.2) is 16.2 Å². The average molecular weight is 620 g/mol. The van der Waals surface area contributed by atoms with Crippen LogP contribution in [0.15, 0.2) is 30.3 Å². The van der Waals surface area contributed by atoms with Gasteiger partial charge in [0.25, 0.3) is 0 Å². The third kappa shape index (κ3) is 8.14. The summed E-state index contributed by atoms with van der Waals surface area (Å²) in [4.78, 5) is 47.3. The van der Waals surface area contributed by atoms with Crippen LogP contribution in [0, 0.1) is 6.57 Å². The minimum Gasteiger partial charge on any atom is -0.462 e. The minimum atomic E-state index is -0.602. The van der Waals surface area contributed by atoms with Crippen LogP contribution >= 0.6 is 0 Å². The van der Waals surface area contributed by atoms with Crippen LogP contribution in [0.25, 0.3) is 4.85 Å². The number of benzene rings is 1. The highest BCUT2D eigenvalue weighted by molar-refractivity contribution is 5.70. The van der Waals surface area contributed by atoms with Crippen molar-refractivity contribution in [3.63, 3.8) is 0 Å². The first-order chi connectivity index (χ1) is 21.6. The summed E-state index contributed by atoms with van der Waals surface area (Å²) >= 11 is 0. The van der Waals surface area contributed by atoms with Crippen molar-refractivity contribution in [3.05, 3.63) is 58.6 Å². The third-order valence-corrected chi connectivity index (χ3v) is 8.51. The number of carbonyl (C=O) groups excluding carboxylic acids is 2. The number of hydrogen-bond acceptors (Lipinski definition) is 9. The Morgan fingerprint density at radius 1 is 1.04 bits per heavy atom. The molecule has 0 unspecified atom stereocenters. The number of rotatable bonds is 8. The van der Waals surface area contributed by atoms with Crippen LogP contribution in [0.1, 0.15) is 57.4 Å². The van der Waals surface area contributed by atoms with Gasteiger partial charge < -0.3 is 28.9 Å². The molecule has 2 aromatic rings. The van der Waals surface area contributed by atoms with Crippen LogP contribution in [0.2, 0.25) is 0 Å². The van der Waals surface area contributed by atoms with E-state index in [0.717, 1.165) is 48.6 Å². The molecule has 0 bridgehead atoms. The Hall–Kier alpha value is -4.11. The minimum absolute atomic E-state index is 0.147. The first-order valence-electron chi connectivity index (χ1n) is 15.9. The molecule has 242 valence electrons. The summed E-state index contributed by atoms with van der Waals surface area (Å²) in [5, 5.41) is 0. The number of hydrogen-bond donors (Lipinski definition) is 0. The summed E-state index contributed by atoms with van der Waals surface area (Å²) in [5.74, 6) is 0.741. The van der Waals surface area contributed by atoms with Crippen molar-refractivity contribution in [2.75, 3.05) is 57.3 Å². The molecule has 0 N–H and O–H groups in total. The number of aromatic nitrogens is 2. The highest BCUT2D eigenvalue weighted by atomic mass is 16.6. The number of anilines is 1. The predicted molar refractivity (Wildman–Crippen MR) is 169 cm³/mol. The molecule has 12 heteroatoms. The third-order valence-electron chi connectivity index (χ3n) is 8.51. The Bertz CT molecular complexity index is 1380. The number of piperazine rings is 1.